The van der Waals surface area contributed by atoms with E-state index in [1.165, 1.54) is 17.2 Å². The molecule has 0 saturated carbocycles. The van der Waals surface area contributed by atoms with E-state index in [0.29, 0.717) is 5.92 Å². The molecule has 4 nitrogen and oxygen atoms in total. The summed E-state index contributed by atoms with van der Waals surface area (Å²) in [6.45, 7) is 3.21. The zero-order valence-electron chi connectivity index (χ0n) is 14.9. The standard InChI is InChI=1S/C21H24N4/c1-24(2)14-16-10-12-25(15-16)21-22-11-9-20(23-21)19-8-7-17-5-3-4-6-18(17)13-19/h3-9,11,13,16H,10,12,14-15H2,1-2H3/t16-/m0/s1. The first kappa shape index (κ1) is 16.0. The van der Waals surface area contributed by atoms with E-state index < -0.39 is 0 Å². The number of fused-ring (bicyclic) bond motifs is 1. The van der Waals surface area contributed by atoms with E-state index in [4.69, 9.17) is 4.98 Å². The van der Waals surface area contributed by atoms with Crippen molar-refractivity contribution in [3.63, 3.8) is 0 Å². The Morgan fingerprint density at radius 3 is 2.76 bits per heavy atom. The third-order valence-electron chi connectivity index (χ3n) is 4.88. The van der Waals surface area contributed by atoms with Crippen molar-refractivity contribution >= 4 is 16.7 Å². The van der Waals surface area contributed by atoms with Crippen LogP contribution in [0.25, 0.3) is 22.0 Å². The van der Waals surface area contributed by atoms with Gasteiger partial charge in [-0.1, -0.05) is 36.4 Å². The molecule has 0 radical (unpaired) electrons. The number of nitrogens with zero attached hydrogens (tertiary/aromatic N) is 4. The van der Waals surface area contributed by atoms with E-state index >= 15 is 0 Å². The van der Waals surface area contributed by atoms with Crippen LogP contribution in [-0.4, -0.2) is 48.6 Å². The van der Waals surface area contributed by atoms with Gasteiger partial charge in [-0.3, -0.25) is 0 Å². The lowest BCUT2D eigenvalue weighted by atomic mass is 10.1. The van der Waals surface area contributed by atoms with Crippen LogP contribution in [0.4, 0.5) is 5.95 Å². The second-order valence-electron chi connectivity index (χ2n) is 7.17. The second kappa shape index (κ2) is 6.81. The van der Waals surface area contributed by atoms with Gasteiger partial charge in [0.15, 0.2) is 0 Å². The molecule has 2 aromatic carbocycles. The number of aromatic nitrogens is 2. The van der Waals surface area contributed by atoms with Gasteiger partial charge in [0.25, 0.3) is 0 Å². The number of anilines is 1. The second-order valence-corrected chi connectivity index (χ2v) is 7.17. The van der Waals surface area contributed by atoms with Crippen LogP contribution in [0.1, 0.15) is 6.42 Å². The molecule has 1 aromatic heterocycles. The minimum atomic E-state index is 0.697. The quantitative estimate of drug-likeness (QED) is 0.729. The van der Waals surface area contributed by atoms with Gasteiger partial charge in [-0.15, -0.1) is 0 Å². The van der Waals surface area contributed by atoms with Crippen molar-refractivity contribution in [1.82, 2.24) is 14.9 Å². The Labute approximate surface area is 149 Å². The van der Waals surface area contributed by atoms with Gasteiger partial charge in [-0.25, -0.2) is 9.97 Å². The number of hydrogen-bond donors (Lipinski definition) is 0. The van der Waals surface area contributed by atoms with E-state index in [1.54, 1.807) is 0 Å². The van der Waals surface area contributed by atoms with Gasteiger partial charge in [0, 0.05) is 31.4 Å². The van der Waals surface area contributed by atoms with Gasteiger partial charge in [-0.2, -0.15) is 0 Å². The molecule has 4 heteroatoms. The maximum Gasteiger partial charge on any atom is 0.225 e. The summed E-state index contributed by atoms with van der Waals surface area (Å²) in [6.07, 6.45) is 3.09. The van der Waals surface area contributed by atoms with Crippen molar-refractivity contribution in [2.45, 2.75) is 6.42 Å². The number of rotatable bonds is 4. The fourth-order valence-corrected chi connectivity index (χ4v) is 3.69. The fourth-order valence-electron chi connectivity index (χ4n) is 3.69. The highest BCUT2D eigenvalue weighted by Crippen LogP contribution is 2.26. The van der Waals surface area contributed by atoms with Gasteiger partial charge in [0.2, 0.25) is 5.95 Å². The topological polar surface area (TPSA) is 32.3 Å². The van der Waals surface area contributed by atoms with Crippen molar-refractivity contribution in [2.75, 3.05) is 38.6 Å². The van der Waals surface area contributed by atoms with Crippen molar-refractivity contribution in [3.8, 4) is 11.3 Å². The van der Waals surface area contributed by atoms with Crippen LogP contribution in [-0.2, 0) is 0 Å². The first-order valence-corrected chi connectivity index (χ1v) is 8.91. The summed E-state index contributed by atoms with van der Waals surface area (Å²) in [5, 5.41) is 2.50. The van der Waals surface area contributed by atoms with Crippen LogP contribution in [0, 0.1) is 5.92 Å². The molecule has 4 rings (SSSR count). The molecular formula is C21H24N4. The van der Waals surface area contributed by atoms with E-state index in [1.807, 2.05) is 12.3 Å². The fraction of sp³-hybridized carbons (Fsp3) is 0.333. The SMILES string of the molecule is CN(C)C[C@@H]1CCN(c2nccc(-c3ccc4ccccc4c3)n2)C1. The predicted octanol–water partition coefficient (Wildman–Crippen LogP) is 3.68. The molecule has 3 aromatic rings. The van der Waals surface area contributed by atoms with Crippen LogP contribution in [0.3, 0.4) is 0 Å². The first-order chi connectivity index (χ1) is 12.2. The highest BCUT2D eigenvalue weighted by atomic mass is 15.3. The van der Waals surface area contributed by atoms with Crippen molar-refractivity contribution in [3.05, 3.63) is 54.7 Å². The van der Waals surface area contributed by atoms with E-state index in [-0.39, 0.29) is 0 Å². The molecule has 0 aliphatic carbocycles. The molecule has 0 spiro atoms. The third kappa shape index (κ3) is 3.49. The van der Waals surface area contributed by atoms with Gasteiger partial charge in [-0.05, 0) is 49.3 Å². The summed E-state index contributed by atoms with van der Waals surface area (Å²) in [5.41, 5.74) is 2.14. The minimum absolute atomic E-state index is 0.697. The van der Waals surface area contributed by atoms with Gasteiger partial charge < -0.3 is 9.80 Å². The van der Waals surface area contributed by atoms with Crippen LogP contribution in [0.5, 0.6) is 0 Å². The van der Waals surface area contributed by atoms with Crippen LogP contribution in [0.15, 0.2) is 54.7 Å². The first-order valence-electron chi connectivity index (χ1n) is 8.91. The molecule has 128 valence electrons. The normalized spacial score (nSPS) is 17.6. The summed E-state index contributed by atoms with van der Waals surface area (Å²) in [5.74, 6) is 1.55. The minimum Gasteiger partial charge on any atom is -0.340 e. The summed E-state index contributed by atoms with van der Waals surface area (Å²) >= 11 is 0. The molecule has 25 heavy (non-hydrogen) atoms. The Morgan fingerprint density at radius 2 is 1.92 bits per heavy atom. The van der Waals surface area contributed by atoms with E-state index in [2.05, 4.69) is 71.3 Å². The summed E-state index contributed by atoms with van der Waals surface area (Å²) in [6, 6.07) is 17.0. The molecule has 0 bridgehead atoms. The van der Waals surface area contributed by atoms with Crippen molar-refractivity contribution in [2.24, 2.45) is 5.92 Å². The molecular weight excluding hydrogens is 308 g/mol. The van der Waals surface area contributed by atoms with Gasteiger partial charge >= 0.3 is 0 Å². The van der Waals surface area contributed by atoms with Gasteiger partial charge in [0.1, 0.15) is 0 Å². The lowest BCUT2D eigenvalue weighted by Crippen LogP contribution is -2.26. The molecule has 2 heterocycles. The monoisotopic (exact) mass is 332 g/mol. The maximum atomic E-state index is 4.85. The van der Waals surface area contributed by atoms with Crippen molar-refractivity contribution in [1.29, 1.82) is 0 Å². The molecule has 1 atom stereocenters. The summed E-state index contributed by atoms with van der Waals surface area (Å²) in [7, 11) is 4.28. The largest absolute Gasteiger partial charge is 0.340 e. The van der Waals surface area contributed by atoms with Crippen LogP contribution < -0.4 is 4.90 Å². The zero-order valence-corrected chi connectivity index (χ0v) is 14.9. The maximum absolute atomic E-state index is 4.85. The molecule has 1 aliphatic heterocycles. The predicted molar refractivity (Wildman–Crippen MR) is 104 cm³/mol. The highest BCUT2D eigenvalue weighted by Gasteiger charge is 2.24. The van der Waals surface area contributed by atoms with Gasteiger partial charge in [0.05, 0.1) is 5.69 Å². The Bertz CT molecular complexity index is 874. The highest BCUT2D eigenvalue weighted by molar-refractivity contribution is 5.86. The average Bonchev–Trinajstić information content (AvgIpc) is 3.09. The Hall–Kier alpha value is -2.46. The lowest BCUT2D eigenvalue weighted by Gasteiger charge is -2.18. The number of benzene rings is 2. The molecule has 1 saturated heterocycles. The third-order valence-corrected chi connectivity index (χ3v) is 4.88. The van der Waals surface area contributed by atoms with Crippen LogP contribution in [0.2, 0.25) is 0 Å². The van der Waals surface area contributed by atoms with Crippen molar-refractivity contribution < 1.29 is 0 Å². The summed E-state index contributed by atoms with van der Waals surface area (Å²) < 4.78 is 0. The summed E-state index contributed by atoms with van der Waals surface area (Å²) in [4.78, 5) is 14.0. The lowest BCUT2D eigenvalue weighted by molar-refractivity contribution is 0.340. The Kier molecular flexibility index (Phi) is 4.36. The van der Waals surface area contributed by atoms with Crippen LogP contribution >= 0.6 is 0 Å². The molecule has 0 amide bonds. The molecule has 0 N–H and O–H groups in total. The Balaban J connectivity index is 1.59. The smallest absolute Gasteiger partial charge is 0.225 e. The molecule has 0 unspecified atom stereocenters. The number of hydrogen-bond acceptors (Lipinski definition) is 4. The Morgan fingerprint density at radius 1 is 1.08 bits per heavy atom. The average molecular weight is 332 g/mol. The molecule has 1 fully saturated rings. The van der Waals surface area contributed by atoms with E-state index in [9.17, 15) is 0 Å². The zero-order chi connectivity index (χ0) is 17.2. The molecule has 1 aliphatic rings. The van der Waals surface area contributed by atoms with E-state index in [0.717, 1.165) is 36.8 Å².